The van der Waals surface area contributed by atoms with Crippen molar-refractivity contribution < 1.29 is 4.79 Å². The average molecular weight is 439 g/mol. The van der Waals surface area contributed by atoms with Crippen molar-refractivity contribution in [3.8, 4) is 17.2 Å². The van der Waals surface area contributed by atoms with E-state index in [4.69, 9.17) is 5.26 Å². The smallest absolute Gasteiger partial charge is 0.223 e. The standard InChI is InChI=1S/C26H26N6O/c1-18-10-21(16-31(18)26(33)9-6-19-2-4-20(12-27)5-3-19)17-32-25-8-7-22(11-23(25)15-30-32)24-13-28-29-14-24/h2-5,7-8,11,13-15,18,21H,6,9-10,16-17H2,1H3,(H,28,29). The number of likely N-dealkylation sites (tertiary alicyclic amines) is 1. The van der Waals surface area contributed by atoms with Crippen molar-refractivity contribution in [2.75, 3.05) is 6.54 Å². The van der Waals surface area contributed by atoms with Gasteiger partial charge in [-0.2, -0.15) is 15.5 Å². The van der Waals surface area contributed by atoms with Crippen LogP contribution in [-0.2, 0) is 17.8 Å². The highest BCUT2D eigenvalue weighted by molar-refractivity contribution is 5.84. The first-order chi connectivity index (χ1) is 16.1. The van der Waals surface area contributed by atoms with Gasteiger partial charge in [0.1, 0.15) is 0 Å². The number of nitrogens with one attached hydrogen (secondary N) is 1. The maximum atomic E-state index is 12.9. The number of aromatic nitrogens is 4. The van der Waals surface area contributed by atoms with Crippen LogP contribution in [0.25, 0.3) is 22.0 Å². The first-order valence-electron chi connectivity index (χ1n) is 11.3. The second kappa shape index (κ2) is 8.91. The Bertz CT molecular complexity index is 1300. The molecule has 4 aromatic rings. The topological polar surface area (TPSA) is 90.6 Å². The van der Waals surface area contributed by atoms with Crippen molar-refractivity contribution in [2.45, 2.75) is 38.8 Å². The molecule has 0 radical (unpaired) electrons. The molecule has 1 fully saturated rings. The molecule has 2 aromatic carbocycles. The van der Waals surface area contributed by atoms with Crippen LogP contribution in [0, 0.1) is 17.2 Å². The molecule has 1 amide bonds. The van der Waals surface area contributed by atoms with Crippen molar-refractivity contribution in [1.29, 1.82) is 5.26 Å². The number of aryl methyl sites for hydroxylation is 1. The zero-order chi connectivity index (χ0) is 22.8. The van der Waals surface area contributed by atoms with Gasteiger partial charge in [-0.25, -0.2) is 0 Å². The highest BCUT2D eigenvalue weighted by Crippen LogP contribution is 2.28. The quantitative estimate of drug-likeness (QED) is 0.489. The number of hydrogen-bond acceptors (Lipinski definition) is 4. The van der Waals surface area contributed by atoms with Crippen molar-refractivity contribution in [3.63, 3.8) is 0 Å². The molecule has 3 heterocycles. The molecule has 1 aliphatic rings. The first-order valence-corrected chi connectivity index (χ1v) is 11.3. The Kier molecular flexibility index (Phi) is 5.66. The summed E-state index contributed by atoms with van der Waals surface area (Å²) in [5.74, 6) is 0.583. The number of amides is 1. The zero-order valence-electron chi connectivity index (χ0n) is 18.6. The molecule has 0 bridgehead atoms. The van der Waals surface area contributed by atoms with Gasteiger partial charge in [-0.15, -0.1) is 0 Å². The molecule has 1 aliphatic heterocycles. The van der Waals surface area contributed by atoms with Crippen molar-refractivity contribution in [3.05, 3.63) is 72.2 Å². The first kappa shape index (κ1) is 21.0. The fourth-order valence-electron chi connectivity index (χ4n) is 4.83. The maximum Gasteiger partial charge on any atom is 0.223 e. The second-order valence-corrected chi connectivity index (χ2v) is 8.89. The van der Waals surface area contributed by atoms with Gasteiger partial charge in [0.15, 0.2) is 0 Å². The molecule has 1 saturated heterocycles. The number of carbonyl (C=O) groups excluding carboxylic acids is 1. The molecule has 7 heteroatoms. The van der Waals surface area contributed by atoms with Gasteiger partial charge in [0.2, 0.25) is 5.91 Å². The third-order valence-electron chi connectivity index (χ3n) is 6.60. The normalized spacial score (nSPS) is 18.0. The summed E-state index contributed by atoms with van der Waals surface area (Å²) in [4.78, 5) is 14.9. The predicted octanol–water partition coefficient (Wildman–Crippen LogP) is 4.17. The van der Waals surface area contributed by atoms with Crippen molar-refractivity contribution in [2.24, 2.45) is 5.92 Å². The molecule has 7 nitrogen and oxygen atoms in total. The molecular weight excluding hydrogens is 412 g/mol. The summed E-state index contributed by atoms with van der Waals surface area (Å²) in [6.45, 7) is 3.71. The summed E-state index contributed by atoms with van der Waals surface area (Å²) in [5, 5.41) is 21.5. The molecule has 0 spiro atoms. The third-order valence-corrected chi connectivity index (χ3v) is 6.60. The third kappa shape index (κ3) is 4.37. The van der Waals surface area contributed by atoms with E-state index in [1.165, 1.54) is 0 Å². The van der Waals surface area contributed by atoms with Crippen LogP contribution < -0.4 is 0 Å². The minimum atomic E-state index is 0.199. The lowest BCUT2D eigenvalue weighted by Crippen LogP contribution is -2.34. The molecule has 166 valence electrons. The lowest BCUT2D eigenvalue weighted by molar-refractivity contribution is -0.131. The Hall–Kier alpha value is -3.92. The van der Waals surface area contributed by atoms with Crippen LogP contribution in [0.3, 0.4) is 0 Å². The van der Waals surface area contributed by atoms with Crippen molar-refractivity contribution in [1.82, 2.24) is 24.9 Å². The zero-order valence-corrected chi connectivity index (χ0v) is 18.6. The van der Waals surface area contributed by atoms with E-state index in [0.717, 1.165) is 47.1 Å². The Balaban J connectivity index is 1.21. The minimum absolute atomic E-state index is 0.199. The van der Waals surface area contributed by atoms with Gasteiger partial charge in [-0.3, -0.25) is 14.6 Å². The van der Waals surface area contributed by atoms with Gasteiger partial charge in [-0.05, 0) is 61.1 Å². The fourth-order valence-corrected chi connectivity index (χ4v) is 4.83. The minimum Gasteiger partial charge on any atom is -0.340 e. The van der Waals surface area contributed by atoms with Gasteiger partial charge in [0.05, 0.1) is 29.5 Å². The van der Waals surface area contributed by atoms with Crippen LogP contribution in [0.5, 0.6) is 0 Å². The van der Waals surface area contributed by atoms with E-state index in [9.17, 15) is 4.79 Å². The van der Waals surface area contributed by atoms with E-state index < -0.39 is 0 Å². The lowest BCUT2D eigenvalue weighted by Gasteiger charge is -2.21. The maximum absolute atomic E-state index is 12.9. The van der Waals surface area contributed by atoms with Gasteiger partial charge in [0.25, 0.3) is 0 Å². The Morgan fingerprint density at radius 2 is 2.03 bits per heavy atom. The second-order valence-electron chi connectivity index (χ2n) is 8.89. The van der Waals surface area contributed by atoms with E-state index >= 15 is 0 Å². The van der Waals surface area contributed by atoms with Crippen molar-refractivity contribution >= 4 is 16.8 Å². The number of aromatic amines is 1. The highest BCUT2D eigenvalue weighted by Gasteiger charge is 2.32. The largest absolute Gasteiger partial charge is 0.340 e. The molecule has 0 aliphatic carbocycles. The van der Waals surface area contributed by atoms with Gasteiger partial charge in [-0.1, -0.05) is 18.2 Å². The summed E-state index contributed by atoms with van der Waals surface area (Å²) in [6.07, 6.45) is 7.79. The number of benzene rings is 2. The SMILES string of the molecule is CC1CC(Cn2ncc3cc(-c4cn[nH]c4)ccc32)CN1C(=O)CCc1ccc(C#N)cc1. The number of rotatable bonds is 6. The molecule has 2 aromatic heterocycles. The van der Waals surface area contributed by atoms with E-state index in [1.807, 2.05) is 35.6 Å². The number of hydrogen-bond donors (Lipinski definition) is 1. The molecule has 0 saturated carbocycles. The molecule has 2 atom stereocenters. The fraction of sp³-hybridized carbons (Fsp3) is 0.308. The van der Waals surface area contributed by atoms with Crippen LogP contribution in [0.1, 0.15) is 30.9 Å². The summed E-state index contributed by atoms with van der Waals surface area (Å²) < 4.78 is 2.07. The molecule has 33 heavy (non-hydrogen) atoms. The average Bonchev–Trinajstić information content (AvgIpc) is 3.58. The number of nitriles is 1. The lowest BCUT2D eigenvalue weighted by atomic mass is 10.1. The van der Waals surface area contributed by atoms with Crippen LogP contribution in [0.4, 0.5) is 0 Å². The van der Waals surface area contributed by atoms with E-state index in [-0.39, 0.29) is 11.9 Å². The molecule has 1 N–H and O–H groups in total. The van der Waals surface area contributed by atoms with E-state index in [0.29, 0.717) is 24.3 Å². The van der Waals surface area contributed by atoms with Crippen LogP contribution in [0.2, 0.25) is 0 Å². The Labute approximate surface area is 192 Å². The summed E-state index contributed by atoms with van der Waals surface area (Å²) in [7, 11) is 0. The Morgan fingerprint density at radius 1 is 1.18 bits per heavy atom. The highest BCUT2D eigenvalue weighted by atomic mass is 16.2. The van der Waals surface area contributed by atoms with Gasteiger partial charge in [0, 0.05) is 42.7 Å². The number of nitrogens with zero attached hydrogens (tertiary/aromatic N) is 5. The Morgan fingerprint density at radius 3 is 2.79 bits per heavy atom. The molecule has 5 rings (SSSR count). The number of H-pyrrole nitrogens is 1. The number of carbonyl (C=O) groups is 1. The van der Waals surface area contributed by atoms with Crippen LogP contribution >= 0.6 is 0 Å². The van der Waals surface area contributed by atoms with Crippen LogP contribution in [-0.4, -0.2) is 43.4 Å². The summed E-state index contributed by atoms with van der Waals surface area (Å²) in [6, 6.07) is 16.2. The molecular formula is C26H26N6O. The summed E-state index contributed by atoms with van der Waals surface area (Å²) in [5.41, 5.74) is 5.02. The van der Waals surface area contributed by atoms with Crippen LogP contribution in [0.15, 0.2) is 61.1 Å². The van der Waals surface area contributed by atoms with Gasteiger partial charge < -0.3 is 4.90 Å². The van der Waals surface area contributed by atoms with E-state index in [1.54, 1.807) is 12.1 Å². The monoisotopic (exact) mass is 438 g/mol. The summed E-state index contributed by atoms with van der Waals surface area (Å²) >= 11 is 0. The predicted molar refractivity (Wildman–Crippen MR) is 126 cm³/mol. The van der Waals surface area contributed by atoms with E-state index in [2.05, 4.69) is 51.2 Å². The number of fused-ring (bicyclic) bond motifs is 1. The molecule has 2 unspecified atom stereocenters. The van der Waals surface area contributed by atoms with Gasteiger partial charge >= 0.3 is 0 Å².